The maximum Gasteiger partial charge on any atom is 0.321 e. The number of hydrogen-bond acceptors (Lipinski definition) is 5. The molecule has 0 saturated heterocycles. The van der Waals surface area contributed by atoms with Crippen molar-refractivity contribution in [1.82, 2.24) is 20.2 Å². The lowest BCUT2D eigenvalue weighted by Crippen LogP contribution is -2.45. The highest BCUT2D eigenvalue weighted by atomic mass is 32.1. The molecular formula is C14H16N4O3S. The van der Waals surface area contributed by atoms with E-state index >= 15 is 0 Å². The minimum Gasteiger partial charge on any atom is -0.335 e. The van der Waals surface area contributed by atoms with Crippen LogP contribution in [0.2, 0.25) is 0 Å². The molecular weight excluding hydrogens is 304 g/mol. The number of thiophene rings is 1. The van der Waals surface area contributed by atoms with Crippen LogP contribution in [0.4, 0.5) is 4.79 Å². The Morgan fingerprint density at radius 1 is 1.36 bits per heavy atom. The summed E-state index contributed by atoms with van der Waals surface area (Å²) >= 11 is 1.37. The van der Waals surface area contributed by atoms with Gasteiger partial charge in [0.1, 0.15) is 11.4 Å². The molecule has 0 spiro atoms. The highest BCUT2D eigenvalue weighted by Crippen LogP contribution is 2.17. The molecule has 3 amide bonds. The van der Waals surface area contributed by atoms with E-state index in [1.807, 2.05) is 0 Å². The van der Waals surface area contributed by atoms with Crippen molar-refractivity contribution in [2.24, 2.45) is 0 Å². The number of hydrogen-bond donors (Lipinski definition) is 2. The zero-order chi connectivity index (χ0) is 15.5. The first-order chi connectivity index (χ1) is 10.6. The van der Waals surface area contributed by atoms with Crippen molar-refractivity contribution >= 4 is 33.5 Å². The van der Waals surface area contributed by atoms with Crippen molar-refractivity contribution in [3.63, 3.8) is 0 Å². The molecule has 1 saturated carbocycles. The molecule has 1 fully saturated rings. The first kappa shape index (κ1) is 14.7. The van der Waals surface area contributed by atoms with Gasteiger partial charge in [-0.3, -0.25) is 19.5 Å². The summed E-state index contributed by atoms with van der Waals surface area (Å²) in [5.74, 6) is -0.533. The summed E-state index contributed by atoms with van der Waals surface area (Å²) in [4.78, 5) is 40.5. The van der Waals surface area contributed by atoms with E-state index in [1.54, 1.807) is 11.4 Å². The molecule has 0 aromatic carbocycles. The smallest absolute Gasteiger partial charge is 0.321 e. The summed E-state index contributed by atoms with van der Waals surface area (Å²) in [6, 6.07) is 1.31. The number of nitrogens with one attached hydrogen (secondary N) is 2. The van der Waals surface area contributed by atoms with E-state index in [1.165, 1.54) is 22.2 Å². The Morgan fingerprint density at radius 3 is 2.91 bits per heavy atom. The predicted octanol–water partition coefficient (Wildman–Crippen LogP) is 1.23. The van der Waals surface area contributed by atoms with Crippen LogP contribution >= 0.6 is 11.3 Å². The Balaban J connectivity index is 1.61. The molecule has 1 aliphatic rings. The van der Waals surface area contributed by atoms with E-state index in [2.05, 4.69) is 15.6 Å². The molecule has 1 aliphatic carbocycles. The van der Waals surface area contributed by atoms with Crippen LogP contribution in [0.25, 0.3) is 10.2 Å². The number of carbonyl (C=O) groups excluding carboxylic acids is 2. The van der Waals surface area contributed by atoms with Crippen LogP contribution < -0.4 is 16.2 Å². The van der Waals surface area contributed by atoms with Crippen LogP contribution in [0.15, 0.2) is 22.6 Å². The second-order valence-electron chi connectivity index (χ2n) is 5.32. The van der Waals surface area contributed by atoms with E-state index in [0.29, 0.717) is 10.2 Å². The number of nitrogens with zero attached hydrogens (tertiary/aromatic N) is 2. The standard InChI is InChI=1S/C14H16N4O3S/c19-11(17-14(21)16-9-3-1-2-4-9)7-18-8-15-12-10(13(18)20)5-6-22-12/h5-6,8-9H,1-4,7H2,(H2,16,17,19,21). The van der Waals surface area contributed by atoms with Gasteiger partial charge in [0, 0.05) is 6.04 Å². The minimum absolute atomic E-state index is 0.138. The second-order valence-corrected chi connectivity index (χ2v) is 6.21. The Morgan fingerprint density at radius 2 is 2.14 bits per heavy atom. The van der Waals surface area contributed by atoms with Crippen LogP contribution in [0, 0.1) is 0 Å². The van der Waals surface area contributed by atoms with Crippen LogP contribution in [-0.2, 0) is 11.3 Å². The van der Waals surface area contributed by atoms with E-state index in [0.717, 1.165) is 25.7 Å². The van der Waals surface area contributed by atoms with Gasteiger partial charge in [-0.15, -0.1) is 11.3 Å². The topological polar surface area (TPSA) is 93.1 Å². The third-order valence-corrected chi connectivity index (χ3v) is 4.53. The lowest BCUT2D eigenvalue weighted by atomic mass is 10.2. The lowest BCUT2D eigenvalue weighted by Gasteiger charge is -2.12. The van der Waals surface area contributed by atoms with Gasteiger partial charge in [0.25, 0.3) is 5.56 Å². The van der Waals surface area contributed by atoms with Gasteiger partial charge in [0.05, 0.1) is 11.7 Å². The monoisotopic (exact) mass is 320 g/mol. The fourth-order valence-corrected chi connectivity index (χ4v) is 3.34. The first-order valence-corrected chi connectivity index (χ1v) is 8.04. The summed E-state index contributed by atoms with van der Waals surface area (Å²) in [7, 11) is 0. The molecule has 0 unspecified atom stereocenters. The van der Waals surface area contributed by atoms with Gasteiger partial charge in [0.15, 0.2) is 0 Å². The molecule has 116 valence electrons. The summed E-state index contributed by atoms with van der Waals surface area (Å²) in [6.45, 7) is -0.226. The molecule has 2 N–H and O–H groups in total. The van der Waals surface area contributed by atoms with Crippen molar-refractivity contribution in [3.05, 3.63) is 28.1 Å². The van der Waals surface area contributed by atoms with Crippen molar-refractivity contribution < 1.29 is 9.59 Å². The summed E-state index contributed by atoms with van der Waals surface area (Å²) in [5.41, 5.74) is -0.280. The van der Waals surface area contributed by atoms with Gasteiger partial charge in [0.2, 0.25) is 5.91 Å². The number of amides is 3. The van der Waals surface area contributed by atoms with Gasteiger partial charge in [-0.2, -0.15) is 0 Å². The molecule has 2 aromatic rings. The van der Waals surface area contributed by atoms with Crippen molar-refractivity contribution in [1.29, 1.82) is 0 Å². The molecule has 0 atom stereocenters. The van der Waals surface area contributed by atoms with Crippen molar-refractivity contribution in [3.8, 4) is 0 Å². The van der Waals surface area contributed by atoms with Gasteiger partial charge >= 0.3 is 6.03 Å². The number of fused-ring (bicyclic) bond motifs is 1. The van der Waals surface area contributed by atoms with Crippen molar-refractivity contribution in [2.75, 3.05) is 0 Å². The number of urea groups is 1. The normalized spacial score (nSPS) is 15.1. The first-order valence-electron chi connectivity index (χ1n) is 7.16. The van der Waals surface area contributed by atoms with Crippen LogP contribution in [0.5, 0.6) is 0 Å². The van der Waals surface area contributed by atoms with Crippen LogP contribution in [0.1, 0.15) is 25.7 Å². The second kappa shape index (κ2) is 6.27. The third-order valence-electron chi connectivity index (χ3n) is 3.71. The molecule has 2 aromatic heterocycles. The number of rotatable bonds is 3. The van der Waals surface area contributed by atoms with Gasteiger partial charge in [-0.05, 0) is 24.3 Å². The maximum atomic E-state index is 12.1. The van der Waals surface area contributed by atoms with Crippen LogP contribution in [0.3, 0.4) is 0 Å². The molecule has 0 radical (unpaired) electrons. The Kier molecular flexibility index (Phi) is 4.19. The molecule has 0 aliphatic heterocycles. The lowest BCUT2D eigenvalue weighted by molar-refractivity contribution is -0.120. The summed E-state index contributed by atoms with van der Waals surface area (Å²) in [6.07, 6.45) is 5.41. The third kappa shape index (κ3) is 3.16. The quantitative estimate of drug-likeness (QED) is 0.889. The highest BCUT2D eigenvalue weighted by molar-refractivity contribution is 7.16. The molecule has 22 heavy (non-hydrogen) atoms. The Labute approximate surface area is 130 Å². The van der Waals surface area contributed by atoms with Gasteiger partial charge < -0.3 is 5.32 Å². The average Bonchev–Trinajstić information content (AvgIpc) is 3.12. The maximum absolute atomic E-state index is 12.1. The fraction of sp³-hybridized carbons (Fsp3) is 0.429. The SMILES string of the molecule is O=C(Cn1cnc2sccc2c1=O)NC(=O)NC1CCCC1. The van der Waals surface area contributed by atoms with Crippen molar-refractivity contribution in [2.45, 2.75) is 38.3 Å². The Hall–Kier alpha value is -2.22. The van der Waals surface area contributed by atoms with E-state index < -0.39 is 11.9 Å². The number of carbonyl (C=O) groups is 2. The fourth-order valence-electron chi connectivity index (χ4n) is 2.62. The zero-order valence-electron chi connectivity index (χ0n) is 11.9. The Bertz CT molecular complexity index is 761. The largest absolute Gasteiger partial charge is 0.335 e. The minimum atomic E-state index is -0.533. The predicted molar refractivity (Wildman–Crippen MR) is 82.8 cm³/mol. The molecule has 2 heterocycles. The van der Waals surface area contributed by atoms with E-state index in [-0.39, 0.29) is 18.1 Å². The molecule has 7 nitrogen and oxygen atoms in total. The average molecular weight is 320 g/mol. The number of imide groups is 1. The van der Waals surface area contributed by atoms with Gasteiger partial charge in [-0.1, -0.05) is 12.8 Å². The molecule has 0 bridgehead atoms. The van der Waals surface area contributed by atoms with E-state index in [9.17, 15) is 14.4 Å². The molecule has 8 heteroatoms. The molecule has 3 rings (SSSR count). The number of aromatic nitrogens is 2. The van der Waals surface area contributed by atoms with E-state index in [4.69, 9.17) is 0 Å². The van der Waals surface area contributed by atoms with Gasteiger partial charge in [-0.25, -0.2) is 9.78 Å². The summed E-state index contributed by atoms with van der Waals surface area (Å²) in [5, 5.41) is 7.27. The summed E-state index contributed by atoms with van der Waals surface area (Å²) < 4.78 is 1.20. The highest BCUT2D eigenvalue weighted by Gasteiger charge is 2.18. The van der Waals surface area contributed by atoms with Crippen LogP contribution in [-0.4, -0.2) is 27.5 Å². The zero-order valence-corrected chi connectivity index (χ0v) is 12.7.